The molecule has 5 saturated carbocycles. The second kappa shape index (κ2) is 7.46. The fraction of sp³-hybridized carbons (Fsp3) is 0.692. The Morgan fingerprint density at radius 1 is 1.09 bits per heavy atom. The predicted octanol–water partition coefficient (Wildman–Crippen LogP) is 4.99. The van der Waals surface area contributed by atoms with E-state index in [-0.39, 0.29) is 11.0 Å². The van der Waals surface area contributed by atoms with Gasteiger partial charge in [0.2, 0.25) is 0 Å². The van der Waals surface area contributed by atoms with Gasteiger partial charge in [0.15, 0.2) is 0 Å². The SMILES string of the molecule is O=C(O)[C@@H]1CCCCN1C(=O)c1cc(C2CC2)c(OCC23CC4CC(CC2C4)C3)cc1F. The van der Waals surface area contributed by atoms with E-state index in [0.717, 1.165) is 49.0 Å². The summed E-state index contributed by atoms with van der Waals surface area (Å²) in [5.74, 6) is 1.24. The minimum atomic E-state index is -1.01. The number of nitrogens with zero attached hydrogens (tertiary/aromatic N) is 1. The highest BCUT2D eigenvalue weighted by Gasteiger charge is 2.58. The number of carboxylic acid groups (broad SMARTS) is 1. The van der Waals surface area contributed by atoms with Crippen molar-refractivity contribution in [3.05, 3.63) is 29.1 Å². The molecule has 6 fully saturated rings. The Kier molecular flexibility index (Phi) is 4.78. The maximum Gasteiger partial charge on any atom is 0.326 e. The number of piperidine rings is 1. The summed E-state index contributed by atoms with van der Waals surface area (Å²) in [7, 11) is 0. The van der Waals surface area contributed by atoms with Gasteiger partial charge in [-0.3, -0.25) is 4.79 Å². The fourth-order valence-corrected chi connectivity index (χ4v) is 7.58. The Labute approximate surface area is 188 Å². The first-order chi connectivity index (χ1) is 15.4. The molecule has 1 amide bonds. The zero-order valence-electron chi connectivity index (χ0n) is 18.5. The van der Waals surface area contributed by atoms with E-state index in [9.17, 15) is 14.7 Å². The summed E-state index contributed by atoms with van der Waals surface area (Å²) in [4.78, 5) is 26.2. The summed E-state index contributed by atoms with van der Waals surface area (Å²) in [6, 6.07) is 2.19. The zero-order chi connectivity index (χ0) is 22.0. The number of halogens is 1. The van der Waals surface area contributed by atoms with E-state index < -0.39 is 23.7 Å². The van der Waals surface area contributed by atoms with Gasteiger partial charge in [0.25, 0.3) is 5.91 Å². The smallest absolute Gasteiger partial charge is 0.326 e. The monoisotopic (exact) mass is 441 g/mol. The van der Waals surface area contributed by atoms with Crippen LogP contribution in [-0.4, -0.2) is 41.1 Å². The van der Waals surface area contributed by atoms with Gasteiger partial charge in [0.05, 0.1) is 12.2 Å². The Hall–Kier alpha value is -2.11. The summed E-state index contributed by atoms with van der Waals surface area (Å²) in [5, 5.41) is 9.53. The molecule has 1 N–H and O–H groups in total. The molecule has 1 aliphatic heterocycles. The van der Waals surface area contributed by atoms with Gasteiger partial charge in [0, 0.05) is 18.0 Å². The molecule has 1 aromatic carbocycles. The van der Waals surface area contributed by atoms with Crippen LogP contribution in [0.15, 0.2) is 12.1 Å². The van der Waals surface area contributed by atoms with E-state index in [1.54, 1.807) is 6.07 Å². The first-order valence-corrected chi connectivity index (χ1v) is 12.4. The van der Waals surface area contributed by atoms with E-state index in [1.807, 2.05) is 0 Å². The van der Waals surface area contributed by atoms with Gasteiger partial charge in [-0.2, -0.15) is 0 Å². The first kappa shape index (κ1) is 20.5. The van der Waals surface area contributed by atoms with Crippen LogP contribution < -0.4 is 4.74 Å². The van der Waals surface area contributed by atoms with Crippen LogP contribution in [0.3, 0.4) is 0 Å². The Balaban J connectivity index is 1.25. The molecule has 3 atom stereocenters. The van der Waals surface area contributed by atoms with E-state index in [1.165, 1.54) is 43.1 Å². The molecular formula is C26H32FNO4. The van der Waals surface area contributed by atoms with Crippen LogP contribution in [0.5, 0.6) is 5.75 Å². The summed E-state index contributed by atoms with van der Waals surface area (Å²) in [6.45, 7) is 1.02. The lowest BCUT2D eigenvalue weighted by Crippen LogP contribution is -2.48. The van der Waals surface area contributed by atoms with Crippen molar-refractivity contribution in [1.29, 1.82) is 0 Å². The number of hydrogen-bond donors (Lipinski definition) is 1. The van der Waals surface area contributed by atoms with E-state index in [4.69, 9.17) is 4.74 Å². The molecule has 5 aliphatic carbocycles. The first-order valence-electron chi connectivity index (χ1n) is 12.4. The quantitative estimate of drug-likeness (QED) is 0.676. The topological polar surface area (TPSA) is 66.8 Å². The molecular weight excluding hydrogens is 409 g/mol. The molecule has 2 unspecified atom stereocenters. The maximum atomic E-state index is 15.2. The van der Waals surface area contributed by atoms with Crippen molar-refractivity contribution in [2.75, 3.05) is 13.2 Å². The molecule has 1 saturated heterocycles. The molecule has 7 rings (SSSR count). The largest absolute Gasteiger partial charge is 0.493 e. The van der Waals surface area contributed by atoms with Crippen molar-refractivity contribution >= 4 is 11.9 Å². The van der Waals surface area contributed by atoms with Crippen LogP contribution in [0.1, 0.15) is 86.0 Å². The maximum absolute atomic E-state index is 15.2. The van der Waals surface area contributed by atoms with Crippen LogP contribution in [-0.2, 0) is 4.79 Å². The standard InChI is InChI=1S/C26H32FNO4/c27-21-11-23(32-14-26-12-15-7-16(13-26)9-18(26)8-15)19(17-4-5-17)10-20(21)24(29)28-6-2-1-3-22(28)25(30)31/h10-11,15-18,22H,1-9,12-14H2,(H,30,31)/t15?,16?,18?,22-,26?/m0/s1. The van der Waals surface area contributed by atoms with Crippen LogP contribution in [0.2, 0.25) is 0 Å². The van der Waals surface area contributed by atoms with E-state index in [2.05, 4.69) is 0 Å². The number of ether oxygens (including phenoxy) is 1. The minimum absolute atomic E-state index is 0.00795. The molecule has 1 heterocycles. The molecule has 5 nitrogen and oxygen atoms in total. The Morgan fingerprint density at radius 3 is 2.53 bits per heavy atom. The van der Waals surface area contributed by atoms with Gasteiger partial charge >= 0.3 is 5.97 Å². The number of carboxylic acids is 1. The molecule has 0 spiro atoms. The molecule has 6 aliphatic rings. The second-order valence-corrected chi connectivity index (χ2v) is 11.2. The van der Waals surface area contributed by atoms with Crippen LogP contribution in [0, 0.1) is 29.0 Å². The lowest BCUT2D eigenvalue weighted by Gasteiger charge is -2.34. The van der Waals surface area contributed by atoms with Crippen LogP contribution in [0.25, 0.3) is 0 Å². The van der Waals surface area contributed by atoms with Crippen molar-refractivity contribution in [3.63, 3.8) is 0 Å². The molecule has 32 heavy (non-hydrogen) atoms. The normalized spacial score (nSPS) is 35.3. The average molecular weight is 442 g/mol. The number of aliphatic carboxylic acids is 1. The van der Waals surface area contributed by atoms with E-state index in [0.29, 0.717) is 31.2 Å². The molecule has 1 aromatic rings. The Bertz CT molecular complexity index is 943. The second-order valence-electron chi connectivity index (χ2n) is 11.2. The minimum Gasteiger partial charge on any atom is -0.493 e. The van der Waals surface area contributed by atoms with Crippen molar-refractivity contribution in [2.24, 2.45) is 23.2 Å². The molecule has 0 aromatic heterocycles. The number of carbonyl (C=O) groups is 2. The predicted molar refractivity (Wildman–Crippen MR) is 116 cm³/mol. The van der Waals surface area contributed by atoms with Crippen molar-refractivity contribution in [2.45, 2.75) is 76.2 Å². The molecule has 6 heteroatoms. The molecule has 0 radical (unpaired) electrons. The third-order valence-electron chi connectivity index (χ3n) is 9.07. The summed E-state index contributed by atoms with van der Waals surface area (Å²) in [5.41, 5.74) is 1.18. The lowest BCUT2D eigenvalue weighted by molar-refractivity contribution is -0.143. The number of amides is 1. The van der Waals surface area contributed by atoms with Gasteiger partial charge in [-0.1, -0.05) is 0 Å². The highest BCUT2D eigenvalue weighted by Crippen LogP contribution is 2.65. The number of likely N-dealkylation sites (tertiary alicyclic amines) is 1. The highest BCUT2D eigenvalue weighted by molar-refractivity contribution is 5.97. The third-order valence-corrected chi connectivity index (χ3v) is 9.07. The molecule has 4 bridgehead atoms. The van der Waals surface area contributed by atoms with Gasteiger partial charge in [0.1, 0.15) is 17.6 Å². The number of hydrogen-bond acceptors (Lipinski definition) is 3. The molecule has 172 valence electrons. The van der Waals surface area contributed by atoms with Gasteiger partial charge in [-0.05, 0) is 99.5 Å². The van der Waals surface area contributed by atoms with Gasteiger partial charge in [-0.25, -0.2) is 9.18 Å². The van der Waals surface area contributed by atoms with Gasteiger partial charge < -0.3 is 14.7 Å². The van der Waals surface area contributed by atoms with Crippen molar-refractivity contribution in [1.82, 2.24) is 4.90 Å². The highest BCUT2D eigenvalue weighted by atomic mass is 19.1. The number of rotatable bonds is 6. The summed E-state index contributed by atoms with van der Waals surface area (Å²) < 4.78 is 21.6. The summed E-state index contributed by atoms with van der Waals surface area (Å²) >= 11 is 0. The average Bonchev–Trinajstić information content (AvgIpc) is 3.54. The number of carbonyl (C=O) groups excluding carboxylic acids is 1. The Morgan fingerprint density at radius 2 is 1.84 bits per heavy atom. The number of benzene rings is 1. The van der Waals surface area contributed by atoms with Gasteiger partial charge in [-0.15, -0.1) is 0 Å². The zero-order valence-corrected chi connectivity index (χ0v) is 18.5. The fourth-order valence-electron chi connectivity index (χ4n) is 7.58. The van der Waals surface area contributed by atoms with Crippen molar-refractivity contribution < 1.29 is 23.8 Å². The van der Waals surface area contributed by atoms with Crippen LogP contribution >= 0.6 is 0 Å². The third kappa shape index (κ3) is 3.32. The van der Waals surface area contributed by atoms with Crippen molar-refractivity contribution in [3.8, 4) is 5.75 Å². The lowest BCUT2D eigenvalue weighted by atomic mass is 9.76. The van der Waals surface area contributed by atoms with Crippen LogP contribution in [0.4, 0.5) is 4.39 Å². The summed E-state index contributed by atoms with van der Waals surface area (Å²) in [6.07, 6.45) is 10.5. The van der Waals surface area contributed by atoms with E-state index >= 15 is 4.39 Å².